The van der Waals surface area contributed by atoms with E-state index < -0.39 is 5.97 Å². The molecule has 0 spiro atoms. The summed E-state index contributed by atoms with van der Waals surface area (Å²) in [5, 5.41) is 14.7. The van der Waals surface area contributed by atoms with Gasteiger partial charge in [-0.25, -0.2) is 4.68 Å². The van der Waals surface area contributed by atoms with E-state index in [0.29, 0.717) is 11.5 Å². The smallest absolute Gasteiger partial charge is 0.325 e. The molecule has 2 aromatic heterocycles. The number of aromatic nitrogens is 2. The van der Waals surface area contributed by atoms with Gasteiger partial charge in [0.25, 0.3) is 0 Å². The zero-order chi connectivity index (χ0) is 10.8. The molecule has 0 saturated carbocycles. The van der Waals surface area contributed by atoms with Crippen LogP contribution in [0.2, 0.25) is 0 Å². The van der Waals surface area contributed by atoms with Gasteiger partial charge in [-0.2, -0.15) is 5.10 Å². The summed E-state index contributed by atoms with van der Waals surface area (Å²) in [6, 6.07) is 5.50. The number of carbonyl (C=O) groups is 1. The van der Waals surface area contributed by atoms with E-state index in [4.69, 9.17) is 10.8 Å². The van der Waals surface area contributed by atoms with Crippen LogP contribution < -0.4 is 5.73 Å². The van der Waals surface area contributed by atoms with E-state index in [-0.39, 0.29) is 6.54 Å². The molecular formula is C9H9N3O2S. The number of nitrogen functional groups attached to an aromatic ring is 1. The van der Waals surface area contributed by atoms with Gasteiger partial charge in [0.15, 0.2) is 0 Å². The molecule has 0 bridgehead atoms. The van der Waals surface area contributed by atoms with E-state index in [1.807, 2.05) is 17.5 Å². The number of carboxylic acid groups (broad SMARTS) is 1. The Balaban J connectivity index is 2.33. The average molecular weight is 223 g/mol. The van der Waals surface area contributed by atoms with E-state index in [0.717, 1.165) is 4.88 Å². The summed E-state index contributed by atoms with van der Waals surface area (Å²) >= 11 is 1.54. The van der Waals surface area contributed by atoms with Gasteiger partial charge in [0, 0.05) is 6.07 Å². The van der Waals surface area contributed by atoms with E-state index in [1.165, 1.54) is 16.0 Å². The summed E-state index contributed by atoms with van der Waals surface area (Å²) in [5.41, 5.74) is 6.35. The van der Waals surface area contributed by atoms with Crippen LogP contribution in [-0.4, -0.2) is 20.9 Å². The van der Waals surface area contributed by atoms with Gasteiger partial charge in [-0.3, -0.25) is 4.79 Å². The average Bonchev–Trinajstić information content (AvgIpc) is 2.75. The maximum absolute atomic E-state index is 10.5. The van der Waals surface area contributed by atoms with Gasteiger partial charge in [-0.05, 0) is 11.4 Å². The molecule has 0 aliphatic carbocycles. The van der Waals surface area contributed by atoms with Crippen LogP contribution in [0.3, 0.4) is 0 Å². The minimum absolute atomic E-state index is 0.211. The third-order valence-corrected chi connectivity index (χ3v) is 2.76. The Bertz CT molecular complexity index is 476. The van der Waals surface area contributed by atoms with Crippen LogP contribution >= 0.6 is 11.3 Å². The predicted molar refractivity (Wildman–Crippen MR) is 57.6 cm³/mol. The topological polar surface area (TPSA) is 81.1 Å². The molecule has 0 saturated heterocycles. The van der Waals surface area contributed by atoms with Gasteiger partial charge in [0.05, 0.1) is 4.88 Å². The fraction of sp³-hybridized carbons (Fsp3) is 0.111. The SMILES string of the molecule is Nc1cc(-c2cccs2)nn1CC(=O)O. The molecule has 2 heterocycles. The van der Waals surface area contributed by atoms with Crippen molar-refractivity contribution < 1.29 is 9.90 Å². The molecule has 78 valence electrons. The van der Waals surface area contributed by atoms with E-state index in [9.17, 15) is 4.79 Å². The zero-order valence-corrected chi connectivity index (χ0v) is 8.57. The van der Waals surface area contributed by atoms with Crippen LogP contribution in [0.4, 0.5) is 5.82 Å². The van der Waals surface area contributed by atoms with Gasteiger partial charge in [-0.1, -0.05) is 6.07 Å². The number of hydrogen-bond acceptors (Lipinski definition) is 4. The van der Waals surface area contributed by atoms with Crippen molar-refractivity contribution in [2.24, 2.45) is 0 Å². The lowest BCUT2D eigenvalue weighted by molar-refractivity contribution is -0.137. The molecule has 3 N–H and O–H groups in total. The number of thiophene rings is 1. The molecule has 0 fully saturated rings. The molecule has 0 unspecified atom stereocenters. The highest BCUT2D eigenvalue weighted by Gasteiger charge is 2.09. The van der Waals surface area contributed by atoms with Gasteiger partial charge in [-0.15, -0.1) is 11.3 Å². The van der Waals surface area contributed by atoms with Crippen LogP contribution in [0, 0.1) is 0 Å². The second kappa shape index (κ2) is 3.74. The summed E-state index contributed by atoms with van der Waals surface area (Å²) in [7, 11) is 0. The van der Waals surface area contributed by atoms with Crippen LogP contribution in [0.15, 0.2) is 23.6 Å². The fourth-order valence-corrected chi connectivity index (χ4v) is 1.91. The van der Waals surface area contributed by atoms with Crippen LogP contribution in [0.25, 0.3) is 10.6 Å². The normalized spacial score (nSPS) is 10.4. The quantitative estimate of drug-likeness (QED) is 0.821. The van der Waals surface area contributed by atoms with Gasteiger partial charge < -0.3 is 10.8 Å². The molecule has 2 rings (SSSR count). The number of carboxylic acids is 1. The minimum Gasteiger partial charge on any atom is -0.480 e. The van der Waals surface area contributed by atoms with Crippen molar-refractivity contribution in [2.75, 3.05) is 5.73 Å². The van der Waals surface area contributed by atoms with E-state index in [2.05, 4.69) is 5.10 Å². The Labute approximate surface area is 89.8 Å². The molecule has 0 aliphatic rings. The Kier molecular flexibility index (Phi) is 2.42. The fourth-order valence-electron chi connectivity index (χ4n) is 1.23. The summed E-state index contributed by atoms with van der Waals surface area (Å²) in [4.78, 5) is 11.5. The van der Waals surface area contributed by atoms with Crippen molar-refractivity contribution in [3.8, 4) is 10.6 Å². The monoisotopic (exact) mass is 223 g/mol. The van der Waals surface area contributed by atoms with Crippen LogP contribution in [-0.2, 0) is 11.3 Å². The lowest BCUT2D eigenvalue weighted by atomic mass is 10.3. The molecular weight excluding hydrogens is 214 g/mol. The number of rotatable bonds is 3. The Morgan fingerprint density at radius 3 is 3.07 bits per heavy atom. The first-order chi connectivity index (χ1) is 7.16. The Morgan fingerprint density at radius 2 is 2.47 bits per heavy atom. The maximum Gasteiger partial charge on any atom is 0.325 e. The highest BCUT2D eigenvalue weighted by atomic mass is 32.1. The predicted octanol–water partition coefficient (Wildman–Crippen LogP) is 1.28. The van der Waals surface area contributed by atoms with E-state index >= 15 is 0 Å². The highest BCUT2D eigenvalue weighted by molar-refractivity contribution is 7.13. The lowest BCUT2D eigenvalue weighted by Crippen LogP contribution is -2.12. The molecule has 6 heteroatoms. The molecule has 0 amide bonds. The summed E-state index contributed by atoms with van der Waals surface area (Å²) < 4.78 is 1.28. The molecule has 2 aromatic rings. The first kappa shape index (κ1) is 9.72. The Hall–Kier alpha value is -1.82. The molecule has 15 heavy (non-hydrogen) atoms. The van der Waals surface area contributed by atoms with Crippen molar-refractivity contribution in [2.45, 2.75) is 6.54 Å². The van der Waals surface area contributed by atoms with Crippen molar-refractivity contribution >= 4 is 23.1 Å². The number of hydrogen-bond donors (Lipinski definition) is 2. The summed E-state index contributed by atoms with van der Waals surface area (Å²) in [5.74, 6) is -0.594. The molecule has 0 aliphatic heterocycles. The van der Waals surface area contributed by atoms with Crippen LogP contribution in [0.5, 0.6) is 0 Å². The third-order valence-electron chi connectivity index (χ3n) is 1.87. The van der Waals surface area contributed by atoms with Gasteiger partial charge in [0.2, 0.25) is 0 Å². The number of aliphatic carboxylic acids is 1. The second-order valence-electron chi connectivity index (χ2n) is 2.98. The van der Waals surface area contributed by atoms with Crippen molar-refractivity contribution in [3.63, 3.8) is 0 Å². The standard InChI is InChI=1S/C9H9N3O2S/c10-8-4-6(7-2-1-3-15-7)11-12(8)5-9(13)14/h1-4H,5,10H2,(H,13,14). The first-order valence-corrected chi connectivity index (χ1v) is 5.14. The van der Waals surface area contributed by atoms with Crippen LogP contribution in [0.1, 0.15) is 0 Å². The number of anilines is 1. The third kappa shape index (κ3) is 1.99. The Morgan fingerprint density at radius 1 is 1.67 bits per heavy atom. The number of nitrogens with two attached hydrogens (primary N) is 1. The number of nitrogens with zero attached hydrogens (tertiary/aromatic N) is 2. The van der Waals surface area contributed by atoms with Gasteiger partial charge >= 0.3 is 5.97 Å². The lowest BCUT2D eigenvalue weighted by Gasteiger charge is -1.97. The molecule has 5 nitrogen and oxygen atoms in total. The largest absolute Gasteiger partial charge is 0.480 e. The summed E-state index contributed by atoms with van der Waals surface area (Å²) in [6.07, 6.45) is 0. The van der Waals surface area contributed by atoms with Crippen molar-refractivity contribution in [1.82, 2.24) is 9.78 Å². The summed E-state index contributed by atoms with van der Waals surface area (Å²) in [6.45, 7) is -0.211. The molecule has 0 radical (unpaired) electrons. The second-order valence-corrected chi connectivity index (χ2v) is 3.93. The van der Waals surface area contributed by atoms with E-state index in [1.54, 1.807) is 6.07 Å². The van der Waals surface area contributed by atoms with Crippen molar-refractivity contribution in [1.29, 1.82) is 0 Å². The minimum atomic E-state index is -0.956. The first-order valence-electron chi connectivity index (χ1n) is 4.26. The van der Waals surface area contributed by atoms with Crippen molar-refractivity contribution in [3.05, 3.63) is 23.6 Å². The highest BCUT2D eigenvalue weighted by Crippen LogP contribution is 2.24. The zero-order valence-electron chi connectivity index (χ0n) is 7.75. The maximum atomic E-state index is 10.5. The van der Waals surface area contributed by atoms with Gasteiger partial charge in [0.1, 0.15) is 18.1 Å². The molecule has 0 atom stereocenters. The molecule has 0 aromatic carbocycles.